The van der Waals surface area contributed by atoms with Crippen molar-refractivity contribution in [3.63, 3.8) is 0 Å². The lowest BCUT2D eigenvalue weighted by molar-refractivity contribution is 0.222. The van der Waals surface area contributed by atoms with E-state index in [0.717, 1.165) is 33.7 Å². The molecule has 4 aromatic rings. The van der Waals surface area contributed by atoms with Gasteiger partial charge in [-0.25, -0.2) is 9.07 Å². The molecule has 164 valence electrons. The molecule has 0 radical (unpaired) electrons. The van der Waals surface area contributed by atoms with Gasteiger partial charge >= 0.3 is 0 Å². The van der Waals surface area contributed by atoms with Crippen LogP contribution in [0.15, 0.2) is 83.5 Å². The highest BCUT2D eigenvalue weighted by Crippen LogP contribution is 2.51. The summed E-state index contributed by atoms with van der Waals surface area (Å²) < 4.78 is 23.5. The molecule has 2 aliphatic rings. The predicted molar refractivity (Wildman–Crippen MR) is 128 cm³/mol. The van der Waals surface area contributed by atoms with E-state index in [4.69, 9.17) is 4.74 Å². The first-order valence-electron chi connectivity index (χ1n) is 10.7. The van der Waals surface area contributed by atoms with Crippen molar-refractivity contribution in [2.24, 2.45) is 0 Å². The van der Waals surface area contributed by atoms with Crippen molar-refractivity contribution < 1.29 is 9.13 Å². The maximum atomic E-state index is 15.2. The molecule has 0 fully saturated rings. The summed E-state index contributed by atoms with van der Waals surface area (Å²) in [6.07, 6.45) is 3.13. The number of aryl methyl sites for hydroxylation is 1. The second-order valence-electron chi connectivity index (χ2n) is 8.18. The molecule has 1 aromatic heterocycles. The van der Waals surface area contributed by atoms with Crippen molar-refractivity contribution in [1.29, 1.82) is 0 Å². The van der Waals surface area contributed by atoms with Crippen LogP contribution in [0.3, 0.4) is 0 Å². The standard InChI is InChI=1S/C26H21FN4OS/c1-15-7-12-21-19(13-15)23-22(25(32-21)16-8-10-17(33-2)11-9-16)24(18-5-3-4-6-20(18)27)31-26(30-23)28-14-29-31/h3-14,24-25H,1-2H3,(H,28,29,30). The van der Waals surface area contributed by atoms with Gasteiger partial charge in [-0.15, -0.1) is 11.8 Å². The Hall–Kier alpha value is -3.58. The summed E-state index contributed by atoms with van der Waals surface area (Å²) in [6, 6.07) is 20.8. The zero-order valence-corrected chi connectivity index (χ0v) is 18.9. The number of anilines is 1. The Morgan fingerprint density at radius 3 is 2.67 bits per heavy atom. The summed E-state index contributed by atoms with van der Waals surface area (Å²) in [5.41, 5.74) is 5.39. The van der Waals surface area contributed by atoms with Crippen LogP contribution in [0, 0.1) is 12.7 Å². The van der Waals surface area contributed by atoms with Crippen LogP contribution in [-0.2, 0) is 0 Å². The highest BCUT2D eigenvalue weighted by molar-refractivity contribution is 7.98. The molecule has 0 saturated heterocycles. The fraction of sp³-hybridized carbons (Fsp3) is 0.154. The minimum Gasteiger partial charge on any atom is -0.480 e. The zero-order chi connectivity index (χ0) is 22.5. The van der Waals surface area contributed by atoms with Crippen molar-refractivity contribution in [2.75, 3.05) is 11.6 Å². The van der Waals surface area contributed by atoms with Crippen LogP contribution >= 0.6 is 11.8 Å². The van der Waals surface area contributed by atoms with Gasteiger partial charge in [0.05, 0.1) is 5.70 Å². The van der Waals surface area contributed by atoms with Crippen LogP contribution in [0.25, 0.3) is 5.70 Å². The van der Waals surface area contributed by atoms with Crippen molar-refractivity contribution in [3.8, 4) is 5.75 Å². The van der Waals surface area contributed by atoms with Crippen molar-refractivity contribution >= 4 is 23.4 Å². The summed E-state index contributed by atoms with van der Waals surface area (Å²) >= 11 is 1.69. The summed E-state index contributed by atoms with van der Waals surface area (Å²) in [5, 5.41) is 7.93. The van der Waals surface area contributed by atoms with Crippen LogP contribution in [0.5, 0.6) is 5.75 Å². The Balaban J connectivity index is 1.63. The maximum absolute atomic E-state index is 15.2. The van der Waals surface area contributed by atoms with Crippen LogP contribution in [0.1, 0.15) is 34.4 Å². The highest BCUT2D eigenvalue weighted by Gasteiger charge is 2.41. The Bertz CT molecular complexity index is 1400. The number of nitrogens with zero attached hydrogens (tertiary/aromatic N) is 3. The molecular formula is C26H21FN4OS. The topological polar surface area (TPSA) is 52.0 Å². The number of hydrogen-bond acceptors (Lipinski definition) is 5. The number of hydrogen-bond donors (Lipinski definition) is 1. The largest absolute Gasteiger partial charge is 0.480 e. The third kappa shape index (κ3) is 3.23. The van der Waals surface area contributed by atoms with E-state index in [1.54, 1.807) is 28.6 Å². The van der Waals surface area contributed by atoms with Crippen LogP contribution < -0.4 is 10.1 Å². The number of halogens is 1. The molecule has 0 spiro atoms. The van der Waals surface area contributed by atoms with Gasteiger partial charge in [-0.05, 0) is 49.1 Å². The van der Waals surface area contributed by atoms with Crippen molar-refractivity contribution in [1.82, 2.24) is 14.8 Å². The van der Waals surface area contributed by atoms with Crippen LogP contribution in [-0.4, -0.2) is 21.0 Å². The molecule has 0 amide bonds. The molecule has 1 N–H and O–H groups in total. The lowest BCUT2D eigenvalue weighted by Crippen LogP contribution is -2.32. The first kappa shape index (κ1) is 20.1. The van der Waals surface area contributed by atoms with Crippen LogP contribution in [0.2, 0.25) is 0 Å². The summed E-state index contributed by atoms with van der Waals surface area (Å²) in [7, 11) is 0. The third-order valence-electron chi connectivity index (χ3n) is 6.19. The van der Waals surface area contributed by atoms with Gasteiger partial charge in [0, 0.05) is 21.6 Å². The predicted octanol–water partition coefficient (Wildman–Crippen LogP) is 6.01. The average Bonchev–Trinajstić information content (AvgIpc) is 3.31. The Labute approximate surface area is 195 Å². The number of aromatic nitrogens is 3. The van der Waals surface area contributed by atoms with E-state index in [2.05, 4.69) is 52.0 Å². The number of fused-ring (bicyclic) bond motifs is 3. The van der Waals surface area contributed by atoms with Gasteiger partial charge in [0.15, 0.2) is 0 Å². The second-order valence-corrected chi connectivity index (χ2v) is 9.06. The minimum absolute atomic E-state index is 0.288. The Morgan fingerprint density at radius 2 is 1.88 bits per heavy atom. The number of benzene rings is 3. The molecule has 7 heteroatoms. The van der Waals surface area contributed by atoms with Gasteiger partial charge in [0.2, 0.25) is 5.95 Å². The smallest absolute Gasteiger partial charge is 0.226 e. The van der Waals surface area contributed by atoms with E-state index < -0.39 is 12.1 Å². The number of nitrogens with one attached hydrogen (secondary N) is 1. The Kier molecular flexibility index (Phi) is 4.73. The second kappa shape index (κ2) is 7.78. The van der Waals surface area contributed by atoms with Crippen LogP contribution in [0.4, 0.5) is 10.3 Å². The highest BCUT2D eigenvalue weighted by atomic mass is 32.2. The van der Waals surface area contributed by atoms with Crippen molar-refractivity contribution in [2.45, 2.75) is 24.0 Å². The first-order chi connectivity index (χ1) is 16.1. The molecule has 3 aromatic carbocycles. The normalized spacial score (nSPS) is 18.6. The maximum Gasteiger partial charge on any atom is 0.226 e. The molecule has 0 aliphatic carbocycles. The Morgan fingerprint density at radius 1 is 1.06 bits per heavy atom. The van der Waals surface area contributed by atoms with Gasteiger partial charge < -0.3 is 10.1 Å². The fourth-order valence-electron chi connectivity index (χ4n) is 4.63. The molecular weight excluding hydrogens is 435 g/mol. The van der Waals surface area contributed by atoms with Gasteiger partial charge in [0.1, 0.15) is 30.0 Å². The van der Waals surface area contributed by atoms with Gasteiger partial charge in [0.25, 0.3) is 0 Å². The van der Waals surface area contributed by atoms with E-state index in [1.165, 1.54) is 17.3 Å². The molecule has 2 aliphatic heterocycles. The number of thioether (sulfide) groups is 1. The van der Waals surface area contributed by atoms with E-state index in [0.29, 0.717) is 11.5 Å². The van der Waals surface area contributed by atoms with Crippen molar-refractivity contribution in [3.05, 3.63) is 107 Å². The zero-order valence-electron chi connectivity index (χ0n) is 18.1. The number of ether oxygens (including phenoxy) is 1. The molecule has 0 saturated carbocycles. The monoisotopic (exact) mass is 456 g/mol. The lowest BCUT2D eigenvalue weighted by atomic mass is 9.84. The van der Waals surface area contributed by atoms with E-state index >= 15 is 4.39 Å². The summed E-state index contributed by atoms with van der Waals surface area (Å²) in [4.78, 5) is 5.58. The first-order valence-corrected chi connectivity index (χ1v) is 11.9. The molecule has 3 heterocycles. The van der Waals surface area contributed by atoms with Gasteiger partial charge in [-0.1, -0.05) is 42.0 Å². The SMILES string of the molecule is CSc1ccc(C2Oc3ccc(C)cc3C3=C2C(c2ccccc2F)n2ncnc2N3)cc1. The van der Waals surface area contributed by atoms with E-state index in [1.807, 2.05) is 25.1 Å². The number of rotatable bonds is 3. The quantitative estimate of drug-likeness (QED) is 0.383. The summed E-state index contributed by atoms with van der Waals surface area (Å²) in [5.74, 6) is 1.07. The molecule has 2 atom stereocenters. The average molecular weight is 457 g/mol. The van der Waals surface area contributed by atoms with Gasteiger partial charge in [-0.2, -0.15) is 10.1 Å². The lowest BCUT2D eigenvalue weighted by Gasteiger charge is -2.39. The van der Waals surface area contributed by atoms with E-state index in [9.17, 15) is 0 Å². The molecule has 33 heavy (non-hydrogen) atoms. The summed E-state index contributed by atoms with van der Waals surface area (Å²) in [6.45, 7) is 2.05. The minimum atomic E-state index is -0.501. The molecule has 6 rings (SSSR count). The molecule has 2 unspecified atom stereocenters. The fourth-order valence-corrected chi connectivity index (χ4v) is 5.04. The van der Waals surface area contributed by atoms with Gasteiger partial charge in [-0.3, -0.25) is 0 Å². The molecule has 0 bridgehead atoms. The molecule has 5 nitrogen and oxygen atoms in total. The third-order valence-corrected chi connectivity index (χ3v) is 6.93. The van der Waals surface area contributed by atoms with E-state index in [-0.39, 0.29) is 5.82 Å².